The third-order valence-electron chi connectivity index (χ3n) is 5.59. The Hall–Kier alpha value is -2.33. The summed E-state index contributed by atoms with van der Waals surface area (Å²) >= 11 is 6.21. The van der Waals surface area contributed by atoms with E-state index in [0.717, 1.165) is 24.8 Å². The Morgan fingerprint density at radius 2 is 1.93 bits per heavy atom. The Bertz CT molecular complexity index is 867. The van der Waals surface area contributed by atoms with Crippen molar-refractivity contribution in [1.82, 2.24) is 10.2 Å². The molecule has 5 heteroatoms. The number of halogens is 1. The first-order valence-corrected chi connectivity index (χ1v) is 9.89. The van der Waals surface area contributed by atoms with Gasteiger partial charge in [0.1, 0.15) is 0 Å². The second-order valence-corrected chi connectivity index (χ2v) is 7.83. The molecular formula is C22H23ClN2O2. The van der Waals surface area contributed by atoms with Crippen LogP contribution in [0, 0.1) is 5.92 Å². The first-order chi connectivity index (χ1) is 13.1. The Balaban J connectivity index is 1.41. The van der Waals surface area contributed by atoms with E-state index in [1.165, 1.54) is 11.1 Å². The summed E-state index contributed by atoms with van der Waals surface area (Å²) in [7, 11) is 0. The van der Waals surface area contributed by atoms with Crippen LogP contribution in [-0.4, -0.2) is 23.3 Å². The summed E-state index contributed by atoms with van der Waals surface area (Å²) in [4.78, 5) is 27.0. The predicted octanol–water partition coefficient (Wildman–Crippen LogP) is 3.88. The van der Waals surface area contributed by atoms with Crippen LogP contribution in [0.1, 0.15) is 42.0 Å². The van der Waals surface area contributed by atoms with Crippen LogP contribution in [0.15, 0.2) is 48.5 Å². The third kappa shape index (κ3) is 3.86. The number of aryl methyl sites for hydroxylation is 1. The van der Waals surface area contributed by atoms with Crippen molar-refractivity contribution in [1.29, 1.82) is 0 Å². The molecule has 0 unspecified atom stereocenters. The van der Waals surface area contributed by atoms with E-state index in [-0.39, 0.29) is 30.2 Å². The smallest absolute Gasteiger partial charge is 0.225 e. The van der Waals surface area contributed by atoms with Crippen molar-refractivity contribution < 1.29 is 9.59 Å². The average Bonchev–Trinajstić information content (AvgIpc) is 3.05. The zero-order valence-corrected chi connectivity index (χ0v) is 15.9. The van der Waals surface area contributed by atoms with Gasteiger partial charge in [0.15, 0.2) is 0 Å². The molecule has 1 saturated heterocycles. The van der Waals surface area contributed by atoms with Gasteiger partial charge in [-0.15, -0.1) is 0 Å². The van der Waals surface area contributed by atoms with Gasteiger partial charge in [0.05, 0.1) is 12.0 Å². The zero-order chi connectivity index (χ0) is 18.8. The van der Waals surface area contributed by atoms with Gasteiger partial charge in [0.25, 0.3) is 0 Å². The van der Waals surface area contributed by atoms with Crippen molar-refractivity contribution in [2.24, 2.45) is 5.92 Å². The number of fused-ring (bicyclic) bond motifs is 1. The van der Waals surface area contributed by atoms with Gasteiger partial charge in [-0.3, -0.25) is 9.59 Å². The Labute approximate surface area is 164 Å². The monoisotopic (exact) mass is 382 g/mol. The van der Waals surface area contributed by atoms with Gasteiger partial charge in [-0.05, 0) is 42.0 Å². The summed E-state index contributed by atoms with van der Waals surface area (Å²) in [5.74, 6) is -0.306. The van der Waals surface area contributed by atoms with E-state index >= 15 is 0 Å². The lowest BCUT2D eigenvalue weighted by atomic mass is 9.87. The highest BCUT2D eigenvalue weighted by molar-refractivity contribution is 6.31. The Morgan fingerprint density at radius 1 is 1.15 bits per heavy atom. The van der Waals surface area contributed by atoms with Crippen molar-refractivity contribution in [3.05, 3.63) is 70.2 Å². The molecule has 2 atom stereocenters. The number of carbonyl (C=O) groups is 2. The van der Waals surface area contributed by atoms with Crippen molar-refractivity contribution >= 4 is 23.4 Å². The molecule has 2 amide bonds. The zero-order valence-electron chi connectivity index (χ0n) is 15.2. The standard InChI is InChI=1S/C22H23ClN2O2/c23-19-10-4-2-7-16(19)13-25-14-17(12-21(25)26)22(27)24-20-11-5-8-15-6-1-3-9-18(15)20/h1-4,6-7,9-10,17,20H,5,8,11-14H2,(H,24,27)/t17-,20+/m0/s1. The maximum Gasteiger partial charge on any atom is 0.225 e. The van der Waals surface area contributed by atoms with E-state index in [4.69, 9.17) is 11.6 Å². The molecular weight excluding hydrogens is 360 g/mol. The van der Waals surface area contributed by atoms with Gasteiger partial charge in [0, 0.05) is 24.5 Å². The molecule has 1 fully saturated rings. The molecule has 140 valence electrons. The SMILES string of the molecule is O=C(N[C@@H]1CCCc2ccccc21)[C@H]1CC(=O)N(Cc2ccccc2Cl)C1. The van der Waals surface area contributed by atoms with Crippen LogP contribution in [0.2, 0.25) is 5.02 Å². The number of benzene rings is 2. The summed E-state index contributed by atoms with van der Waals surface area (Å²) in [5, 5.41) is 3.84. The summed E-state index contributed by atoms with van der Waals surface area (Å²) in [6, 6.07) is 15.9. The van der Waals surface area contributed by atoms with Crippen LogP contribution < -0.4 is 5.32 Å². The van der Waals surface area contributed by atoms with Crippen LogP contribution in [0.5, 0.6) is 0 Å². The summed E-state index contributed by atoms with van der Waals surface area (Å²) in [6.07, 6.45) is 3.36. The average molecular weight is 383 g/mol. The van der Waals surface area contributed by atoms with E-state index in [1.807, 2.05) is 36.4 Å². The molecule has 1 aliphatic carbocycles. The second-order valence-electron chi connectivity index (χ2n) is 7.42. The highest BCUT2D eigenvalue weighted by Gasteiger charge is 2.35. The van der Waals surface area contributed by atoms with E-state index in [0.29, 0.717) is 18.1 Å². The maximum atomic E-state index is 12.8. The lowest BCUT2D eigenvalue weighted by Crippen LogP contribution is -2.36. The molecule has 2 aromatic rings. The van der Waals surface area contributed by atoms with Crippen molar-refractivity contribution in [3.63, 3.8) is 0 Å². The minimum Gasteiger partial charge on any atom is -0.349 e. The first-order valence-electron chi connectivity index (χ1n) is 9.51. The molecule has 1 heterocycles. The summed E-state index contributed by atoms with van der Waals surface area (Å²) in [5.41, 5.74) is 3.45. The topological polar surface area (TPSA) is 49.4 Å². The molecule has 0 radical (unpaired) electrons. The molecule has 0 aromatic heterocycles. The molecule has 4 nitrogen and oxygen atoms in total. The number of carbonyl (C=O) groups excluding carboxylic acids is 2. The lowest BCUT2D eigenvalue weighted by molar-refractivity contribution is -0.129. The molecule has 0 saturated carbocycles. The largest absolute Gasteiger partial charge is 0.349 e. The van der Waals surface area contributed by atoms with Gasteiger partial charge < -0.3 is 10.2 Å². The van der Waals surface area contributed by atoms with Crippen LogP contribution in [0.3, 0.4) is 0 Å². The highest BCUT2D eigenvalue weighted by Crippen LogP contribution is 2.30. The van der Waals surface area contributed by atoms with Crippen LogP contribution >= 0.6 is 11.6 Å². The molecule has 2 aliphatic rings. The molecule has 1 N–H and O–H groups in total. The molecule has 27 heavy (non-hydrogen) atoms. The highest BCUT2D eigenvalue weighted by atomic mass is 35.5. The van der Waals surface area contributed by atoms with Crippen molar-refractivity contribution in [2.75, 3.05) is 6.54 Å². The van der Waals surface area contributed by atoms with Crippen LogP contribution in [-0.2, 0) is 22.6 Å². The Kier molecular flexibility index (Phi) is 5.17. The summed E-state index contributed by atoms with van der Waals surface area (Å²) in [6.45, 7) is 0.902. The number of nitrogens with one attached hydrogen (secondary N) is 1. The lowest BCUT2D eigenvalue weighted by Gasteiger charge is -2.27. The molecule has 1 aliphatic heterocycles. The quantitative estimate of drug-likeness (QED) is 0.872. The number of rotatable bonds is 4. The van der Waals surface area contributed by atoms with Crippen molar-refractivity contribution in [3.8, 4) is 0 Å². The minimum atomic E-state index is -0.297. The van der Waals surface area contributed by atoms with Gasteiger partial charge >= 0.3 is 0 Å². The molecule has 0 bridgehead atoms. The van der Waals surface area contributed by atoms with Gasteiger partial charge in [-0.1, -0.05) is 54.1 Å². The molecule has 2 aromatic carbocycles. The van der Waals surface area contributed by atoms with E-state index in [2.05, 4.69) is 17.4 Å². The van der Waals surface area contributed by atoms with Crippen LogP contribution in [0.4, 0.5) is 0 Å². The maximum absolute atomic E-state index is 12.8. The fourth-order valence-electron chi connectivity index (χ4n) is 4.13. The number of amides is 2. The Morgan fingerprint density at radius 3 is 2.78 bits per heavy atom. The number of hydrogen-bond acceptors (Lipinski definition) is 2. The van der Waals surface area contributed by atoms with E-state index < -0.39 is 0 Å². The van der Waals surface area contributed by atoms with Crippen LogP contribution in [0.25, 0.3) is 0 Å². The van der Waals surface area contributed by atoms with Gasteiger partial charge in [-0.25, -0.2) is 0 Å². The van der Waals surface area contributed by atoms with E-state index in [1.54, 1.807) is 4.90 Å². The van der Waals surface area contributed by atoms with Gasteiger partial charge in [0.2, 0.25) is 11.8 Å². The van der Waals surface area contributed by atoms with Gasteiger partial charge in [-0.2, -0.15) is 0 Å². The number of likely N-dealkylation sites (tertiary alicyclic amines) is 1. The van der Waals surface area contributed by atoms with Crippen molar-refractivity contribution in [2.45, 2.75) is 38.3 Å². The fourth-order valence-corrected chi connectivity index (χ4v) is 4.32. The number of hydrogen-bond donors (Lipinski definition) is 1. The normalized spacial score (nSPS) is 21.8. The second kappa shape index (κ2) is 7.73. The minimum absolute atomic E-state index is 0.0131. The summed E-state index contributed by atoms with van der Waals surface area (Å²) < 4.78 is 0. The first kappa shape index (κ1) is 18.1. The molecule has 0 spiro atoms. The third-order valence-corrected chi connectivity index (χ3v) is 5.96. The van der Waals surface area contributed by atoms with E-state index in [9.17, 15) is 9.59 Å². The molecule has 4 rings (SSSR count). The fraction of sp³-hybridized carbons (Fsp3) is 0.364. The predicted molar refractivity (Wildman–Crippen MR) is 105 cm³/mol. The number of nitrogens with zero attached hydrogens (tertiary/aromatic N) is 1.